The number of hydrogen-bond donors (Lipinski definition) is 1. The van der Waals surface area contributed by atoms with Crippen molar-refractivity contribution >= 4 is 5.69 Å². The van der Waals surface area contributed by atoms with E-state index >= 15 is 0 Å². The SMILES string of the molecule is Cc1noc(-c2ccccc2NCC(C)(C)CCC#N)n1. The van der Waals surface area contributed by atoms with Crippen LogP contribution in [-0.4, -0.2) is 16.7 Å². The molecule has 0 fully saturated rings. The summed E-state index contributed by atoms with van der Waals surface area (Å²) in [5.41, 5.74) is 1.91. The van der Waals surface area contributed by atoms with E-state index < -0.39 is 0 Å². The highest BCUT2D eigenvalue weighted by Gasteiger charge is 2.18. The van der Waals surface area contributed by atoms with Crippen LogP contribution in [0.5, 0.6) is 0 Å². The maximum Gasteiger partial charge on any atom is 0.260 e. The van der Waals surface area contributed by atoms with E-state index in [2.05, 4.69) is 35.4 Å². The van der Waals surface area contributed by atoms with Gasteiger partial charge in [-0.25, -0.2) is 0 Å². The van der Waals surface area contributed by atoms with Gasteiger partial charge in [-0.1, -0.05) is 31.1 Å². The number of aryl methyl sites for hydroxylation is 1. The molecule has 0 bridgehead atoms. The van der Waals surface area contributed by atoms with Gasteiger partial charge in [0, 0.05) is 18.7 Å². The maximum atomic E-state index is 8.71. The third-order valence-electron chi connectivity index (χ3n) is 3.36. The molecule has 2 aromatic rings. The number of nitrogens with one attached hydrogen (secondary N) is 1. The first kappa shape index (κ1) is 15.0. The van der Waals surface area contributed by atoms with Crippen LogP contribution in [0.15, 0.2) is 28.8 Å². The number of para-hydroxylation sites is 1. The van der Waals surface area contributed by atoms with Crippen LogP contribution in [0, 0.1) is 23.7 Å². The average molecular weight is 284 g/mol. The highest BCUT2D eigenvalue weighted by molar-refractivity contribution is 5.72. The smallest absolute Gasteiger partial charge is 0.260 e. The minimum atomic E-state index is 0.0492. The van der Waals surface area contributed by atoms with E-state index in [0.717, 1.165) is 24.2 Å². The van der Waals surface area contributed by atoms with E-state index in [1.165, 1.54) is 0 Å². The summed E-state index contributed by atoms with van der Waals surface area (Å²) in [5.74, 6) is 1.14. The van der Waals surface area contributed by atoms with Gasteiger partial charge >= 0.3 is 0 Å². The van der Waals surface area contributed by atoms with Gasteiger partial charge in [0.15, 0.2) is 5.82 Å². The van der Waals surface area contributed by atoms with Crippen molar-refractivity contribution in [3.05, 3.63) is 30.1 Å². The summed E-state index contributed by atoms with van der Waals surface area (Å²) >= 11 is 0. The number of nitriles is 1. The summed E-state index contributed by atoms with van der Waals surface area (Å²) in [6.07, 6.45) is 1.43. The van der Waals surface area contributed by atoms with Gasteiger partial charge in [0.05, 0.1) is 11.6 Å². The van der Waals surface area contributed by atoms with Crippen LogP contribution in [0.3, 0.4) is 0 Å². The van der Waals surface area contributed by atoms with Gasteiger partial charge in [-0.05, 0) is 30.9 Å². The largest absolute Gasteiger partial charge is 0.384 e. The van der Waals surface area contributed by atoms with Crippen molar-refractivity contribution in [1.29, 1.82) is 5.26 Å². The summed E-state index contributed by atoms with van der Waals surface area (Å²) in [6.45, 7) is 6.88. The summed E-state index contributed by atoms with van der Waals surface area (Å²) in [5, 5.41) is 16.0. The van der Waals surface area contributed by atoms with Crippen molar-refractivity contribution in [2.45, 2.75) is 33.6 Å². The fourth-order valence-corrected chi connectivity index (χ4v) is 2.05. The molecule has 1 aromatic carbocycles. The molecule has 0 aliphatic carbocycles. The van der Waals surface area contributed by atoms with Crippen LogP contribution >= 0.6 is 0 Å². The molecule has 1 aromatic heterocycles. The lowest BCUT2D eigenvalue weighted by Gasteiger charge is -2.25. The molecular formula is C16H20N4O. The highest BCUT2D eigenvalue weighted by atomic mass is 16.5. The Bertz CT molecular complexity index is 640. The summed E-state index contributed by atoms with van der Waals surface area (Å²) in [7, 11) is 0. The lowest BCUT2D eigenvalue weighted by Crippen LogP contribution is -2.23. The number of anilines is 1. The van der Waals surface area contributed by atoms with E-state index in [4.69, 9.17) is 9.78 Å². The third kappa shape index (κ3) is 4.06. The van der Waals surface area contributed by atoms with Crippen molar-refractivity contribution in [3.63, 3.8) is 0 Å². The van der Waals surface area contributed by atoms with Gasteiger partial charge in [-0.15, -0.1) is 0 Å². The quantitative estimate of drug-likeness (QED) is 0.873. The Hall–Kier alpha value is -2.35. The van der Waals surface area contributed by atoms with Crippen LogP contribution < -0.4 is 5.32 Å². The molecule has 0 saturated heterocycles. The second-order valence-electron chi connectivity index (χ2n) is 5.87. The average Bonchev–Trinajstić information content (AvgIpc) is 2.90. The number of aromatic nitrogens is 2. The zero-order chi connectivity index (χ0) is 15.3. The minimum Gasteiger partial charge on any atom is -0.384 e. The maximum absolute atomic E-state index is 8.71. The molecule has 110 valence electrons. The predicted molar refractivity (Wildman–Crippen MR) is 81.6 cm³/mol. The molecule has 0 aliphatic heterocycles. The molecule has 0 spiro atoms. The van der Waals surface area contributed by atoms with Gasteiger partial charge < -0.3 is 9.84 Å². The van der Waals surface area contributed by atoms with Crippen LogP contribution in [0.1, 0.15) is 32.5 Å². The Balaban J connectivity index is 2.13. The lowest BCUT2D eigenvalue weighted by atomic mass is 9.88. The molecule has 0 radical (unpaired) electrons. The van der Waals surface area contributed by atoms with Crippen LogP contribution in [0.4, 0.5) is 5.69 Å². The molecule has 0 unspecified atom stereocenters. The van der Waals surface area contributed by atoms with Crippen molar-refractivity contribution in [1.82, 2.24) is 10.1 Å². The number of nitrogens with zero attached hydrogens (tertiary/aromatic N) is 3. The Morgan fingerprint density at radius 3 is 2.76 bits per heavy atom. The molecule has 0 aliphatic rings. The minimum absolute atomic E-state index is 0.0492. The molecule has 1 heterocycles. The summed E-state index contributed by atoms with van der Waals surface area (Å²) in [4.78, 5) is 4.27. The zero-order valence-electron chi connectivity index (χ0n) is 12.7. The van der Waals surface area contributed by atoms with Gasteiger partial charge in [0.25, 0.3) is 5.89 Å². The van der Waals surface area contributed by atoms with Crippen molar-refractivity contribution in [2.75, 3.05) is 11.9 Å². The Morgan fingerprint density at radius 1 is 1.33 bits per heavy atom. The Labute approximate surface area is 125 Å². The normalized spacial score (nSPS) is 11.1. The Morgan fingerprint density at radius 2 is 2.10 bits per heavy atom. The molecule has 0 saturated carbocycles. The number of hydrogen-bond acceptors (Lipinski definition) is 5. The van der Waals surface area contributed by atoms with Crippen LogP contribution in [-0.2, 0) is 0 Å². The summed E-state index contributed by atoms with van der Waals surface area (Å²) < 4.78 is 5.24. The van der Waals surface area contributed by atoms with E-state index in [-0.39, 0.29) is 5.41 Å². The van der Waals surface area contributed by atoms with Gasteiger partial charge in [0.2, 0.25) is 0 Å². The van der Waals surface area contributed by atoms with E-state index in [0.29, 0.717) is 18.1 Å². The molecule has 21 heavy (non-hydrogen) atoms. The van der Waals surface area contributed by atoms with Crippen molar-refractivity contribution in [2.24, 2.45) is 5.41 Å². The topological polar surface area (TPSA) is 74.7 Å². The van der Waals surface area contributed by atoms with Gasteiger partial charge in [-0.3, -0.25) is 0 Å². The molecule has 5 nitrogen and oxygen atoms in total. The van der Waals surface area contributed by atoms with E-state index in [1.807, 2.05) is 24.3 Å². The van der Waals surface area contributed by atoms with Crippen molar-refractivity contribution in [3.8, 4) is 17.5 Å². The summed E-state index contributed by atoms with van der Waals surface area (Å²) in [6, 6.07) is 10.1. The van der Waals surface area contributed by atoms with Gasteiger partial charge in [-0.2, -0.15) is 10.2 Å². The third-order valence-corrected chi connectivity index (χ3v) is 3.36. The highest BCUT2D eigenvalue weighted by Crippen LogP contribution is 2.29. The standard InChI is InChI=1S/C16H20N4O/c1-12-19-15(21-20-12)13-7-4-5-8-14(13)18-11-16(2,3)9-6-10-17/h4-5,7-8,18H,6,9,11H2,1-3H3. The molecular weight excluding hydrogens is 264 g/mol. The Kier molecular flexibility index (Phi) is 4.59. The van der Waals surface area contributed by atoms with Crippen molar-refractivity contribution < 1.29 is 4.52 Å². The molecule has 1 N–H and O–H groups in total. The second-order valence-corrected chi connectivity index (χ2v) is 5.87. The van der Waals surface area contributed by atoms with E-state index in [1.54, 1.807) is 6.92 Å². The number of benzene rings is 1. The first-order valence-electron chi connectivity index (χ1n) is 7.02. The first-order chi connectivity index (χ1) is 10.0. The second kappa shape index (κ2) is 6.40. The molecule has 0 amide bonds. The molecule has 0 atom stereocenters. The van der Waals surface area contributed by atoms with Crippen LogP contribution in [0.2, 0.25) is 0 Å². The predicted octanol–water partition coefficient (Wildman–Crippen LogP) is 3.79. The first-order valence-corrected chi connectivity index (χ1v) is 7.02. The van der Waals surface area contributed by atoms with E-state index in [9.17, 15) is 0 Å². The fraction of sp³-hybridized carbons (Fsp3) is 0.438. The van der Waals surface area contributed by atoms with Gasteiger partial charge in [0.1, 0.15) is 0 Å². The molecule has 5 heteroatoms. The van der Waals surface area contributed by atoms with Crippen LogP contribution in [0.25, 0.3) is 11.5 Å². The molecule has 2 rings (SSSR count). The number of rotatable bonds is 6. The lowest BCUT2D eigenvalue weighted by molar-refractivity contribution is 0.364. The zero-order valence-corrected chi connectivity index (χ0v) is 12.7. The fourth-order valence-electron chi connectivity index (χ4n) is 2.05. The monoisotopic (exact) mass is 284 g/mol.